The SMILES string of the molecule is CCC(C(=N)N)n1nc(C)nc1C. The fraction of sp³-hybridized carbons (Fsp3) is 0.625. The van der Waals surface area contributed by atoms with E-state index in [0.717, 1.165) is 18.1 Å². The van der Waals surface area contributed by atoms with Gasteiger partial charge in [0, 0.05) is 0 Å². The highest BCUT2D eigenvalue weighted by Crippen LogP contribution is 2.11. The standard InChI is InChI=1S/C8H15N5/c1-4-7(8(9)10)13-6(3)11-5(2)12-13/h7H,4H2,1-3H3,(H3,9,10). The van der Waals surface area contributed by atoms with Gasteiger partial charge >= 0.3 is 0 Å². The van der Waals surface area contributed by atoms with Crippen molar-refractivity contribution < 1.29 is 0 Å². The van der Waals surface area contributed by atoms with Crippen molar-refractivity contribution in [2.45, 2.75) is 33.2 Å². The average Bonchev–Trinajstić information content (AvgIpc) is 2.31. The van der Waals surface area contributed by atoms with Gasteiger partial charge in [-0.1, -0.05) is 6.92 Å². The molecule has 0 bridgehead atoms. The van der Waals surface area contributed by atoms with Crippen LogP contribution in [0, 0.1) is 19.3 Å². The summed E-state index contributed by atoms with van der Waals surface area (Å²) in [5, 5.41) is 11.6. The van der Waals surface area contributed by atoms with Crippen molar-refractivity contribution in [1.82, 2.24) is 14.8 Å². The molecule has 0 aliphatic rings. The molecule has 0 saturated heterocycles. The second kappa shape index (κ2) is 3.55. The first-order chi connectivity index (χ1) is 6.06. The minimum atomic E-state index is -0.152. The molecule has 0 radical (unpaired) electrons. The molecular formula is C8H15N5. The van der Waals surface area contributed by atoms with Crippen LogP contribution in [0.5, 0.6) is 0 Å². The average molecular weight is 181 g/mol. The zero-order valence-electron chi connectivity index (χ0n) is 8.20. The zero-order valence-corrected chi connectivity index (χ0v) is 8.20. The molecule has 1 aromatic heterocycles. The molecule has 1 heterocycles. The Morgan fingerprint density at radius 2 is 2.23 bits per heavy atom. The van der Waals surface area contributed by atoms with Crippen LogP contribution in [0.15, 0.2) is 0 Å². The van der Waals surface area contributed by atoms with Gasteiger partial charge in [0.1, 0.15) is 23.5 Å². The second-order valence-corrected chi connectivity index (χ2v) is 3.03. The fourth-order valence-corrected chi connectivity index (χ4v) is 1.36. The highest BCUT2D eigenvalue weighted by Gasteiger charge is 2.15. The normalized spacial score (nSPS) is 12.8. The Kier molecular flexibility index (Phi) is 2.65. The summed E-state index contributed by atoms with van der Waals surface area (Å²) < 4.78 is 1.71. The molecular weight excluding hydrogens is 166 g/mol. The van der Waals surface area contributed by atoms with E-state index < -0.39 is 0 Å². The summed E-state index contributed by atoms with van der Waals surface area (Å²) >= 11 is 0. The minimum absolute atomic E-state index is 0.135. The van der Waals surface area contributed by atoms with Gasteiger partial charge in [0.05, 0.1) is 0 Å². The lowest BCUT2D eigenvalue weighted by Crippen LogP contribution is -2.27. The van der Waals surface area contributed by atoms with E-state index >= 15 is 0 Å². The summed E-state index contributed by atoms with van der Waals surface area (Å²) in [5.41, 5.74) is 5.45. The van der Waals surface area contributed by atoms with E-state index in [0.29, 0.717) is 0 Å². The van der Waals surface area contributed by atoms with Crippen LogP contribution >= 0.6 is 0 Å². The summed E-state index contributed by atoms with van der Waals surface area (Å²) in [5.74, 6) is 1.66. The molecule has 0 fully saturated rings. The lowest BCUT2D eigenvalue weighted by molar-refractivity contribution is 0.528. The maximum atomic E-state index is 7.38. The zero-order chi connectivity index (χ0) is 10.0. The summed E-state index contributed by atoms with van der Waals surface area (Å²) in [6, 6.07) is -0.152. The summed E-state index contributed by atoms with van der Waals surface area (Å²) in [6.07, 6.45) is 0.763. The Morgan fingerprint density at radius 3 is 2.54 bits per heavy atom. The molecule has 5 heteroatoms. The Hall–Kier alpha value is -1.39. The number of nitrogens with one attached hydrogen (secondary N) is 1. The quantitative estimate of drug-likeness (QED) is 0.534. The predicted molar refractivity (Wildman–Crippen MR) is 50.7 cm³/mol. The van der Waals surface area contributed by atoms with E-state index in [-0.39, 0.29) is 11.9 Å². The molecule has 1 atom stereocenters. The summed E-state index contributed by atoms with van der Waals surface area (Å²) in [7, 11) is 0. The minimum Gasteiger partial charge on any atom is -0.386 e. The first kappa shape index (κ1) is 9.70. The van der Waals surface area contributed by atoms with Crippen molar-refractivity contribution in [3.05, 3.63) is 11.6 Å². The first-order valence-electron chi connectivity index (χ1n) is 4.30. The topological polar surface area (TPSA) is 80.6 Å². The molecule has 0 aliphatic carbocycles. The summed E-state index contributed by atoms with van der Waals surface area (Å²) in [4.78, 5) is 4.16. The van der Waals surface area contributed by atoms with Gasteiger partial charge in [-0.05, 0) is 20.3 Å². The van der Waals surface area contributed by atoms with E-state index in [4.69, 9.17) is 11.1 Å². The molecule has 72 valence electrons. The number of hydrogen-bond donors (Lipinski definition) is 2. The predicted octanol–water partition coefficient (Wildman–Crippen LogP) is 0.782. The number of hydrogen-bond acceptors (Lipinski definition) is 3. The van der Waals surface area contributed by atoms with Gasteiger partial charge in [0.25, 0.3) is 0 Å². The number of aromatic nitrogens is 3. The summed E-state index contributed by atoms with van der Waals surface area (Å²) in [6.45, 7) is 5.67. The van der Waals surface area contributed by atoms with E-state index in [1.165, 1.54) is 0 Å². The van der Waals surface area contributed by atoms with Gasteiger partial charge < -0.3 is 5.73 Å². The Labute approximate surface area is 77.5 Å². The van der Waals surface area contributed by atoms with Crippen molar-refractivity contribution >= 4 is 5.84 Å². The third kappa shape index (κ3) is 1.85. The molecule has 13 heavy (non-hydrogen) atoms. The monoisotopic (exact) mass is 181 g/mol. The Morgan fingerprint density at radius 1 is 1.62 bits per heavy atom. The van der Waals surface area contributed by atoms with Gasteiger partial charge in [-0.25, -0.2) is 9.67 Å². The van der Waals surface area contributed by atoms with E-state index in [1.807, 2.05) is 20.8 Å². The lowest BCUT2D eigenvalue weighted by atomic mass is 10.2. The third-order valence-electron chi connectivity index (χ3n) is 1.95. The van der Waals surface area contributed by atoms with Crippen LogP contribution in [0.3, 0.4) is 0 Å². The van der Waals surface area contributed by atoms with Crippen molar-refractivity contribution in [2.75, 3.05) is 0 Å². The third-order valence-corrected chi connectivity index (χ3v) is 1.95. The van der Waals surface area contributed by atoms with Crippen molar-refractivity contribution in [1.29, 1.82) is 5.41 Å². The van der Waals surface area contributed by atoms with Gasteiger partial charge in [-0.3, -0.25) is 5.41 Å². The fourth-order valence-electron chi connectivity index (χ4n) is 1.36. The second-order valence-electron chi connectivity index (χ2n) is 3.03. The largest absolute Gasteiger partial charge is 0.386 e. The molecule has 3 N–H and O–H groups in total. The smallest absolute Gasteiger partial charge is 0.147 e. The number of nitrogens with two attached hydrogens (primary N) is 1. The number of aryl methyl sites for hydroxylation is 2. The molecule has 0 spiro atoms. The molecule has 0 aliphatic heterocycles. The maximum Gasteiger partial charge on any atom is 0.147 e. The van der Waals surface area contributed by atoms with Crippen molar-refractivity contribution in [3.8, 4) is 0 Å². The van der Waals surface area contributed by atoms with Crippen LogP contribution in [0.4, 0.5) is 0 Å². The van der Waals surface area contributed by atoms with Crippen molar-refractivity contribution in [3.63, 3.8) is 0 Å². The number of amidine groups is 1. The Bertz CT molecular complexity index is 314. The number of rotatable bonds is 3. The molecule has 1 aromatic rings. The number of nitrogens with zero attached hydrogens (tertiary/aromatic N) is 3. The van der Waals surface area contributed by atoms with Crippen LogP contribution in [-0.2, 0) is 0 Å². The van der Waals surface area contributed by atoms with Gasteiger partial charge in [0.15, 0.2) is 0 Å². The van der Waals surface area contributed by atoms with Crippen LogP contribution < -0.4 is 5.73 Å². The molecule has 0 aromatic carbocycles. The van der Waals surface area contributed by atoms with Crippen LogP contribution in [0.1, 0.15) is 31.0 Å². The first-order valence-corrected chi connectivity index (χ1v) is 4.30. The molecule has 0 saturated carbocycles. The molecule has 0 amide bonds. The van der Waals surface area contributed by atoms with Gasteiger partial charge in [-0.2, -0.15) is 5.10 Å². The van der Waals surface area contributed by atoms with E-state index in [1.54, 1.807) is 4.68 Å². The van der Waals surface area contributed by atoms with E-state index in [2.05, 4.69) is 10.1 Å². The van der Waals surface area contributed by atoms with Crippen LogP contribution in [0.25, 0.3) is 0 Å². The highest BCUT2D eigenvalue weighted by molar-refractivity contribution is 5.81. The molecule has 1 unspecified atom stereocenters. The lowest BCUT2D eigenvalue weighted by Gasteiger charge is -2.14. The van der Waals surface area contributed by atoms with Crippen LogP contribution in [0.2, 0.25) is 0 Å². The molecule has 1 rings (SSSR count). The van der Waals surface area contributed by atoms with Crippen LogP contribution in [-0.4, -0.2) is 20.6 Å². The maximum absolute atomic E-state index is 7.38. The Balaban J connectivity index is 3.04. The van der Waals surface area contributed by atoms with Gasteiger partial charge in [0.2, 0.25) is 0 Å². The molecule has 5 nitrogen and oxygen atoms in total. The highest BCUT2D eigenvalue weighted by atomic mass is 15.4. The van der Waals surface area contributed by atoms with E-state index in [9.17, 15) is 0 Å². The van der Waals surface area contributed by atoms with Crippen molar-refractivity contribution in [2.24, 2.45) is 5.73 Å². The van der Waals surface area contributed by atoms with Gasteiger partial charge in [-0.15, -0.1) is 0 Å².